The fraction of sp³-hybridized carbons (Fsp3) is 0.571. The van der Waals surface area contributed by atoms with Gasteiger partial charge in [-0.2, -0.15) is 0 Å². The van der Waals surface area contributed by atoms with Crippen LogP contribution in [0.3, 0.4) is 0 Å². The number of methoxy groups -OCH3 is 1. The maximum absolute atomic E-state index is 9.52. The molecule has 0 aliphatic heterocycles. The Morgan fingerprint density at radius 3 is 2.53 bits per heavy atom. The molecule has 1 N–H and O–H groups in total. The van der Waals surface area contributed by atoms with Crippen LogP contribution in [0, 0.1) is 0 Å². The lowest BCUT2D eigenvalue weighted by molar-refractivity contribution is 0.193. The fourth-order valence-electron chi connectivity index (χ4n) is 2.23. The van der Waals surface area contributed by atoms with E-state index in [4.69, 9.17) is 9.47 Å². The summed E-state index contributed by atoms with van der Waals surface area (Å²) in [6.45, 7) is 1.74. The summed E-state index contributed by atoms with van der Waals surface area (Å²) in [6.07, 6.45) is 4.59. The highest BCUT2D eigenvalue weighted by Crippen LogP contribution is 2.33. The van der Waals surface area contributed by atoms with Crippen LogP contribution in [-0.2, 0) is 0 Å². The second-order valence-electron chi connectivity index (χ2n) is 4.61. The Hall–Kier alpha value is -1.22. The number of aliphatic hydroxyl groups is 1. The van der Waals surface area contributed by atoms with Crippen LogP contribution in [0.25, 0.3) is 0 Å². The summed E-state index contributed by atoms with van der Waals surface area (Å²) in [5.41, 5.74) is 0.848. The molecule has 1 atom stereocenters. The van der Waals surface area contributed by atoms with Gasteiger partial charge in [0.2, 0.25) is 0 Å². The third-order valence-electron chi connectivity index (χ3n) is 3.27. The van der Waals surface area contributed by atoms with Gasteiger partial charge in [-0.25, -0.2) is 0 Å². The summed E-state index contributed by atoms with van der Waals surface area (Å²) in [4.78, 5) is 0. The molecule has 0 bridgehead atoms. The molecule has 1 aliphatic carbocycles. The zero-order chi connectivity index (χ0) is 12.3. The molecule has 3 heteroatoms. The predicted octanol–water partition coefficient (Wildman–Crippen LogP) is 3.07. The van der Waals surface area contributed by atoms with E-state index in [9.17, 15) is 5.11 Å². The first-order chi connectivity index (χ1) is 8.20. The Labute approximate surface area is 102 Å². The third-order valence-corrected chi connectivity index (χ3v) is 3.27. The van der Waals surface area contributed by atoms with Crippen LogP contribution in [0.2, 0.25) is 0 Å². The summed E-state index contributed by atoms with van der Waals surface area (Å²) in [7, 11) is 1.63. The average molecular weight is 236 g/mol. The van der Waals surface area contributed by atoms with E-state index in [2.05, 4.69) is 0 Å². The lowest BCUT2D eigenvalue weighted by atomic mass is 10.1. The first kappa shape index (κ1) is 12.2. The highest BCUT2D eigenvalue weighted by molar-refractivity contribution is 5.43. The van der Waals surface area contributed by atoms with Gasteiger partial charge < -0.3 is 14.6 Å². The number of hydrogen-bond donors (Lipinski definition) is 1. The number of rotatable bonds is 4. The molecule has 1 aromatic rings. The van der Waals surface area contributed by atoms with E-state index in [0.29, 0.717) is 11.9 Å². The van der Waals surface area contributed by atoms with Crippen LogP contribution in [0.4, 0.5) is 0 Å². The topological polar surface area (TPSA) is 38.7 Å². The third kappa shape index (κ3) is 2.91. The molecule has 0 radical (unpaired) electrons. The number of ether oxygens (including phenoxy) is 2. The van der Waals surface area contributed by atoms with Gasteiger partial charge in [-0.05, 0) is 50.3 Å². The largest absolute Gasteiger partial charge is 0.493 e. The molecule has 2 rings (SSSR count). The van der Waals surface area contributed by atoms with Crippen molar-refractivity contribution in [1.82, 2.24) is 0 Å². The summed E-state index contributed by atoms with van der Waals surface area (Å²) >= 11 is 0. The van der Waals surface area contributed by atoms with Crippen LogP contribution in [0.1, 0.15) is 44.3 Å². The number of aliphatic hydroxyl groups excluding tert-OH is 1. The molecule has 1 aliphatic rings. The van der Waals surface area contributed by atoms with Gasteiger partial charge in [0, 0.05) is 0 Å². The van der Waals surface area contributed by atoms with Crippen LogP contribution >= 0.6 is 0 Å². The first-order valence-electron chi connectivity index (χ1n) is 6.23. The molecule has 0 heterocycles. The van der Waals surface area contributed by atoms with Crippen molar-refractivity contribution in [2.75, 3.05) is 7.11 Å². The Bertz CT molecular complexity index is 368. The molecule has 0 spiro atoms. The smallest absolute Gasteiger partial charge is 0.161 e. The van der Waals surface area contributed by atoms with E-state index in [1.807, 2.05) is 18.2 Å². The van der Waals surface area contributed by atoms with Gasteiger partial charge in [0.15, 0.2) is 11.5 Å². The number of hydrogen-bond acceptors (Lipinski definition) is 3. The van der Waals surface area contributed by atoms with E-state index < -0.39 is 6.10 Å². The molecule has 0 saturated heterocycles. The van der Waals surface area contributed by atoms with Crippen LogP contribution in [0.15, 0.2) is 18.2 Å². The lowest BCUT2D eigenvalue weighted by Crippen LogP contribution is -2.11. The lowest BCUT2D eigenvalue weighted by Gasteiger charge is -2.17. The second-order valence-corrected chi connectivity index (χ2v) is 4.61. The van der Waals surface area contributed by atoms with E-state index in [-0.39, 0.29) is 0 Å². The number of benzene rings is 1. The fourth-order valence-corrected chi connectivity index (χ4v) is 2.23. The zero-order valence-corrected chi connectivity index (χ0v) is 10.5. The van der Waals surface area contributed by atoms with Crippen molar-refractivity contribution in [3.63, 3.8) is 0 Å². The monoisotopic (exact) mass is 236 g/mol. The standard InChI is InChI=1S/C14H20O3/c1-10(15)11-7-8-13(14(9-11)16-2)17-12-5-3-4-6-12/h7-10,12,15H,3-6H2,1-2H3/t10-/m0/s1. The van der Waals surface area contributed by atoms with Crippen LogP contribution in [-0.4, -0.2) is 18.3 Å². The molecule has 94 valence electrons. The van der Waals surface area contributed by atoms with E-state index in [0.717, 1.165) is 24.2 Å². The quantitative estimate of drug-likeness (QED) is 0.873. The van der Waals surface area contributed by atoms with Crippen molar-refractivity contribution < 1.29 is 14.6 Å². The van der Waals surface area contributed by atoms with Gasteiger partial charge in [0.25, 0.3) is 0 Å². The van der Waals surface area contributed by atoms with Crippen LogP contribution in [0.5, 0.6) is 11.5 Å². The molecule has 1 aromatic carbocycles. The van der Waals surface area contributed by atoms with Gasteiger partial charge in [0.05, 0.1) is 19.3 Å². The molecular weight excluding hydrogens is 216 g/mol. The Morgan fingerprint density at radius 2 is 1.94 bits per heavy atom. The minimum atomic E-state index is -0.482. The van der Waals surface area contributed by atoms with Crippen molar-refractivity contribution in [1.29, 1.82) is 0 Å². The Morgan fingerprint density at radius 1 is 1.24 bits per heavy atom. The summed E-state index contributed by atoms with van der Waals surface area (Å²) in [5.74, 6) is 1.49. The predicted molar refractivity (Wildman–Crippen MR) is 66.5 cm³/mol. The van der Waals surface area contributed by atoms with Crippen molar-refractivity contribution in [2.45, 2.75) is 44.8 Å². The molecule has 1 saturated carbocycles. The average Bonchev–Trinajstić information content (AvgIpc) is 2.82. The second kappa shape index (κ2) is 5.41. The summed E-state index contributed by atoms with van der Waals surface area (Å²) in [6, 6.07) is 5.62. The molecule has 0 aromatic heterocycles. The normalized spacial score (nSPS) is 18.1. The minimum absolute atomic E-state index is 0.321. The molecular formula is C14H20O3. The molecule has 0 unspecified atom stereocenters. The summed E-state index contributed by atoms with van der Waals surface area (Å²) < 4.78 is 11.2. The summed E-state index contributed by atoms with van der Waals surface area (Å²) in [5, 5.41) is 9.52. The maximum atomic E-state index is 9.52. The molecule has 0 amide bonds. The Kier molecular flexibility index (Phi) is 3.89. The van der Waals surface area contributed by atoms with E-state index in [1.54, 1.807) is 14.0 Å². The SMILES string of the molecule is COc1cc([C@H](C)O)ccc1OC1CCCC1. The first-order valence-corrected chi connectivity index (χ1v) is 6.23. The molecule has 17 heavy (non-hydrogen) atoms. The van der Waals surface area contributed by atoms with Crippen molar-refractivity contribution in [3.8, 4) is 11.5 Å². The van der Waals surface area contributed by atoms with Gasteiger partial charge in [-0.3, -0.25) is 0 Å². The van der Waals surface area contributed by atoms with Gasteiger partial charge in [0.1, 0.15) is 0 Å². The Balaban J connectivity index is 2.15. The van der Waals surface area contributed by atoms with Crippen LogP contribution < -0.4 is 9.47 Å². The zero-order valence-electron chi connectivity index (χ0n) is 10.5. The highest BCUT2D eigenvalue weighted by atomic mass is 16.5. The van der Waals surface area contributed by atoms with Gasteiger partial charge >= 0.3 is 0 Å². The maximum Gasteiger partial charge on any atom is 0.161 e. The molecule has 3 nitrogen and oxygen atoms in total. The minimum Gasteiger partial charge on any atom is -0.493 e. The van der Waals surface area contributed by atoms with E-state index >= 15 is 0 Å². The van der Waals surface area contributed by atoms with Gasteiger partial charge in [-0.15, -0.1) is 0 Å². The van der Waals surface area contributed by atoms with Gasteiger partial charge in [-0.1, -0.05) is 6.07 Å². The van der Waals surface area contributed by atoms with Crippen molar-refractivity contribution in [3.05, 3.63) is 23.8 Å². The highest BCUT2D eigenvalue weighted by Gasteiger charge is 2.18. The van der Waals surface area contributed by atoms with Crippen molar-refractivity contribution >= 4 is 0 Å². The van der Waals surface area contributed by atoms with Crippen molar-refractivity contribution in [2.24, 2.45) is 0 Å². The van der Waals surface area contributed by atoms with E-state index in [1.165, 1.54) is 12.8 Å². The molecule has 1 fully saturated rings.